The van der Waals surface area contributed by atoms with Crippen molar-refractivity contribution in [2.45, 2.75) is 6.54 Å². The largest absolute Gasteiger partial charge is 0.497 e. The Hall–Kier alpha value is -4.35. The molecule has 2 aromatic heterocycles. The molecule has 216 valence electrons. The molecule has 13 nitrogen and oxygen atoms in total. The van der Waals surface area contributed by atoms with Crippen LogP contribution in [0.5, 0.6) is 5.75 Å². The number of benzene rings is 3. The molecule has 0 saturated heterocycles. The summed E-state index contributed by atoms with van der Waals surface area (Å²) in [7, 11) is -8.34. The van der Waals surface area contributed by atoms with E-state index in [9.17, 15) is 33.5 Å². The minimum absolute atomic E-state index is 0.142. The number of methoxy groups -OCH3 is 1. The Kier molecular flexibility index (Phi) is 7.74. The Bertz CT molecular complexity index is 1910. The molecular weight excluding hydrogens is 584 g/mol. The molecule has 1 amide bonds. The van der Waals surface area contributed by atoms with E-state index in [2.05, 4.69) is 15.3 Å². The fourth-order valence-corrected chi connectivity index (χ4v) is 6.63. The normalized spacial score (nSPS) is 11.9. The van der Waals surface area contributed by atoms with Crippen LogP contribution in [0.1, 0.15) is 15.9 Å². The van der Waals surface area contributed by atoms with Gasteiger partial charge in [0.2, 0.25) is 0 Å². The van der Waals surface area contributed by atoms with Gasteiger partial charge >= 0.3 is 15.2 Å². The first kappa shape index (κ1) is 29.2. The van der Waals surface area contributed by atoms with E-state index in [-0.39, 0.29) is 12.1 Å². The Labute approximate surface area is 239 Å². The molecule has 0 spiro atoms. The number of hydrogen-bond donors (Lipinski definition) is 6. The van der Waals surface area contributed by atoms with Gasteiger partial charge in [-0.2, -0.15) is 0 Å². The van der Waals surface area contributed by atoms with Crippen LogP contribution in [-0.4, -0.2) is 47.1 Å². The van der Waals surface area contributed by atoms with Crippen LogP contribution in [-0.2, 0) is 15.7 Å². The molecule has 0 fully saturated rings. The van der Waals surface area contributed by atoms with Crippen molar-refractivity contribution in [2.75, 3.05) is 12.8 Å². The Morgan fingerprint density at radius 3 is 2.33 bits per heavy atom. The first-order valence-electron chi connectivity index (χ1n) is 12.3. The molecule has 5 aromatic rings. The lowest BCUT2D eigenvalue weighted by Gasteiger charge is -2.14. The molecule has 0 bridgehead atoms. The lowest BCUT2D eigenvalue weighted by atomic mass is 10.1. The summed E-state index contributed by atoms with van der Waals surface area (Å²) in [6, 6.07) is 17.4. The summed E-state index contributed by atoms with van der Waals surface area (Å²) >= 11 is 0. The molecule has 0 atom stereocenters. The van der Waals surface area contributed by atoms with Crippen molar-refractivity contribution in [3.63, 3.8) is 0 Å². The lowest BCUT2D eigenvalue weighted by molar-refractivity contribution is 0.0951. The summed E-state index contributed by atoms with van der Waals surface area (Å²) in [5.41, 5.74) is 9.70. The van der Waals surface area contributed by atoms with Gasteiger partial charge in [0, 0.05) is 29.6 Å². The second-order valence-electron chi connectivity index (χ2n) is 9.24. The number of carbonyl (C=O) groups is 1. The first-order chi connectivity index (χ1) is 19.9. The number of amides is 1. The molecule has 3 aromatic carbocycles. The predicted octanol–water partition coefficient (Wildman–Crippen LogP) is 2.21. The number of nitrogens with two attached hydrogens (primary N) is 1. The van der Waals surface area contributed by atoms with Gasteiger partial charge in [0.05, 0.1) is 23.1 Å². The van der Waals surface area contributed by atoms with E-state index in [1.807, 2.05) is 35.0 Å². The van der Waals surface area contributed by atoms with E-state index < -0.39 is 31.7 Å². The van der Waals surface area contributed by atoms with Gasteiger partial charge in [-0.25, -0.2) is 9.97 Å². The SMILES string of the molecule is COc1cccc(-c2cn(-c3ccc(C(=O)NCc4ccc(P(=O)(O)O)c(P(=O)(O)O)c4)cc3)c3ncnc(N)c23)c1. The van der Waals surface area contributed by atoms with E-state index in [0.29, 0.717) is 33.9 Å². The zero-order valence-electron chi connectivity index (χ0n) is 21.9. The van der Waals surface area contributed by atoms with Crippen LogP contribution < -0.4 is 26.4 Å². The maximum absolute atomic E-state index is 12.8. The summed E-state index contributed by atoms with van der Waals surface area (Å²) in [5.74, 6) is 0.512. The van der Waals surface area contributed by atoms with Crippen molar-refractivity contribution < 1.29 is 38.2 Å². The average molecular weight is 609 g/mol. The number of anilines is 1. The van der Waals surface area contributed by atoms with Crippen LogP contribution in [0.15, 0.2) is 79.3 Å². The number of nitrogens with one attached hydrogen (secondary N) is 1. The molecule has 0 aliphatic carbocycles. The topological polar surface area (TPSA) is 210 Å². The highest BCUT2D eigenvalue weighted by Gasteiger charge is 2.31. The summed E-state index contributed by atoms with van der Waals surface area (Å²) in [4.78, 5) is 59.4. The summed E-state index contributed by atoms with van der Waals surface area (Å²) < 4.78 is 30.6. The Morgan fingerprint density at radius 2 is 1.67 bits per heavy atom. The Balaban J connectivity index is 1.40. The quantitative estimate of drug-likeness (QED) is 0.140. The number of carbonyl (C=O) groups excluding carboxylic acids is 1. The second kappa shape index (κ2) is 11.1. The van der Waals surface area contributed by atoms with Crippen molar-refractivity contribution in [3.05, 3.63) is 90.4 Å². The van der Waals surface area contributed by atoms with E-state index in [0.717, 1.165) is 23.3 Å². The smallest absolute Gasteiger partial charge is 0.357 e. The Morgan fingerprint density at radius 1 is 0.952 bits per heavy atom. The molecule has 15 heteroatoms. The fraction of sp³-hybridized carbons (Fsp3) is 0.0741. The third-order valence-corrected chi connectivity index (χ3v) is 8.71. The van der Waals surface area contributed by atoms with Crippen molar-refractivity contribution in [2.24, 2.45) is 0 Å². The summed E-state index contributed by atoms with van der Waals surface area (Å²) in [5, 5.41) is 1.75. The maximum Gasteiger partial charge on any atom is 0.357 e. The van der Waals surface area contributed by atoms with E-state index in [1.54, 1.807) is 31.4 Å². The van der Waals surface area contributed by atoms with Gasteiger partial charge in [0.25, 0.3) is 5.91 Å². The second-order valence-corrected chi connectivity index (χ2v) is 12.4. The molecular formula is C27H25N5O8P2. The summed E-state index contributed by atoms with van der Waals surface area (Å²) in [6.07, 6.45) is 3.25. The predicted molar refractivity (Wildman–Crippen MR) is 156 cm³/mol. The average Bonchev–Trinajstić information content (AvgIpc) is 3.36. The molecule has 7 N–H and O–H groups in total. The number of ether oxygens (including phenoxy) is 1. The highest BCUT2D eigenvalue weighted by molar-refractivity contribution is 7.67. The van der Waals surface area contributed by atoms with Crippen molar-refractivity contribution in [1.82, 2.24) is 19.9 Å². The van der Waals surface area contributed by atoms with Crippen LogP contribution in [0, 0.1) is 0 Å². The van der Waals surface area contributed by atoms with Crippen LogP contribution in [0.25, 0.3) is 27.8 Å². The molecule has 0 unspecified atom stereocenters. The standard InChI is InChI=1S/C27H25N5O8P2/c1-40-20-4-2-3-18(12-20)21-14-32(26-24(21)25(28)30-15-31-26)19-8-6-17(7-9-19)27(33)29-13-16-5-10-22(41(34,35)36)23(11-16)42(37,38)39/h2-12,14-15H,13H2,1H3,(H,29,33)(H2,28,30,31)(H2,34,35,36)(H2,37,38,39). The van der Waals surface area contributed by atoms with Crippen molar-refractivity contribution in [3.8, 4) is 22.6 Å². The van der Waals surface area contributed by atoms with E-state index in [1.165, 1.54) is 12.4 Å². The number of nitrogen functional groups attached to an aromatic ring is 1. The molecule has 5 rings (SSSR count). The van der Waals surface area contributed by atoms with Gasteiger partial charge in [0.15, 0.2) is 5.65 Å². The van der Waals surface area contributed by atoms with Gasteiger partial charge in [-0.05, 0) is 59.7 Å². The number of aromatic nitrogens is 3. The zero-order chi connectivity index (χ0) is 30.2. The van der Waals surface area contributed by atoms with Gasteiger partial charge < -0.3 is 39.9 Å². The highest BCUT2D eigenvalue weighted by Crippen LogP contribution is 2.40. The number of fused-ring (bicyclic) bond motifs is 1. The van der Waals surface area contributed by atoms with Gasteiger partial charge in [0.1, 0.15) is 17.9 Å². The van der Waals surface area contributed by atoms with Gasteiger partial charge in [-0.15, -0.1) is 0 Å². The molecule has 0 radical (unpaired) electrons. The number of hydrogen-bond acceptors (Lipinski definition) is 7. The molecule has 42 heavy (non-hydrogen) atoms. The zero-order valence-corrected chi connectivity index (χ0v) is 23.7. The fourth-order valence-electron chi connectivity index (χ4n) is 4.51. The monoisotopic (exact) mass is 609 g/mol. The molecule has 2 heterocycles. The van der Waals surface area contributed by atoms with E-state index >= 15 is 0 Å². The van der Waals surface area contributed by atoms with Crippen LogP contribution in [0.3, 0.4) is 0 Å². The van der Waals surface area contributed by atoms with Gasteiger partial charge in [-0.3, -0.25) is 13.9 Å². The van der Waals surface area contributed by atoms with Crippen LogP contribution in [0.4, 0.5) is 5.82 Å². The minimum atomic E-state index is -4.99. The third kappa shape index (κ3) is 5.83. The summed E-state index contributed by atoms with van der Waals surface area (Å²) in [6.45, 7) is -0.142. The highest BCUT2D eigenvalue weighted by atomic mass is 31.2. The number of nitrogens with zero attached hydrogens (tertiary/aromatic N) is 3. The third-order valence-electron chi connectivity index (χ3n) is 6.52. The molecule has 0 saturated carbocycles. The minimum Gasteiger partial charge on any atom is -0.497 e. The number of rotatable bonds is 8. The molecule has 0 aliphatic rings. The van der Waals surface area contributed by atoms with Crippen molar-refractivity contribution >= 4 is 48.6 Å². The van der Waals surface area contributed by atoms with Crippen LogP contribution in [0.2, 0.25) is 0 Å². The molecule has 0 aliphatic heterocycles. The lowest BCUT2D eigenvalue weighted by Crippen LogP contribution is -2.28. The van der Waals surface area contributed by atoms with Gasteiger partial charge in [-0.1, -0.05) is 18.2 Å². The van der Waals surface area contributed by atoms with E-state index in [4.69, 9.17) is 10.5 Å². The first-order valence-corrected chi connectivity index (χ1v) is 15.5. The van der Waals surface area contributed by atoms with Crippen molar-refractivity contribution in [1.29, 1.82) is 0 Å². The van der Waals surface area contributed by atoms with Crippen LogP contribution >= 0.6 is 15.2 Å². The maximum atomic E-state index is 12.8.